The molecule has 1 aliphatic carbocycles. The van der Waals surface area contributed by atoms with Gasteiger partial charge in [0.2, 0.25) is 0 Å². The molecule has 4 fully saturated rings. The third-order valence-electron chi connectivity index (χ3n) is 8.36. The minimum atomic E-state index is -4.45. The SMILES string of the molecule is Cc1c(Nc2cccc(C(F)(F)F)c2)nc(C2CC2)nc1C(=O)N1CCC(N2CCOC3COCCC32)CC1. The van der Waals surface area contributed by atoms with Crippen LogP contribution in [0.25, 0.3) is 0 Å². The normalized spacial score (nSPS) is 24.9. The summed E-state index contributed by atoms with van der Waals surface area (Å²) in [5.74, 6) is 0.988. The first-order valence-corrected chi connectivity index (χ1v) is 13.8. The lowest BCUT2D eigenvalue weighted by Gasteiger charge is -2.49. The Balaban J connectivity index is 1.18. The number of carbonyl (C=O) groups excluding carboxylic acids is 1. The summed E-state index contributed by atoms with van der Waals surface area (Å²) in [6, 6.07) is 5.78. The van der Waals surface area contributed by atoms with Crippen LogP contribution in [0.2, 0.25) is 0 Å². The molecule has 4 heterocycles. The van der Waals surface area contributed by atoms with Crippen LogP contribution in [0, 0.1) is 6.92 Å². The van der Waals surface area contributed by atoms with Crippen LogP contribution in [0.5, 0.6) is 0 Å². The first-order valence-electron chi connectivity index (χ1n) is 13.8. The molecule has 210 valence electrons. The van der Waals surface area contributed by atoms with E-state index in [4.69, 9.17) is 9.47 Å². The Kier molecular flexibility index (Phi) is 7.24. The average molecular weight is 546 g/mol. The van der Waals surface area contributed by atoms with Gasteiger partial charge in [0, 0.05) is 55.5 Å². The Hall–Kier alpha value is -2.76. The highest BCUT2D eigenvalue weighted by Crippen LogP contribution is 2.40. The van der Waals surface area contributed by atoms with Crippen molar-refractivity contribution < 1.29 is 27.4 Å². The number of halogens is 3. The van der Waals surface area contributed by atoms with Crippen LogP contribution in [0.15, 0.2) is 24.3 Å². The number of nitrogens with zero attached hydrogens (tertiary/aromatic N) is 4. The Morgan fingerprint density at radius 2 is 1.85 bits per heavy atom. The second-order valence-corrected chi connectivity index (χ2v) is 11.0. The van der Waals surface area contributed by atoms with Gasteiger partial charge >= 0.3 is 6.18 Å². The van der Waals surface area contributed by atoms with Gasteiger partial charge in [0.15, 0.2) is 0 Å². The van der Waals surface area contributed by atoms with Crippen LogP contribution in [0.3, 0.4) is 0 Å². The first-order chi connectivity index (χ1) is 18.8. The standard InChI is InChI=1S/C28H34F3N5O3/c1-17-24(27(37)35-10-7-21(8-11-35)36-12-14-39-23-16-38-13-9-22(23)36)33-26(18-5-6-18)34-25(17)32-20-4-2-3-19(15-20)28(29,30)31/h2-4,15,18,21-23H,5-14,16H2,1H3,(H,32,33,34). The van der Waals surface area contributed by atoms with E-state index in [0.717, 1.165) is 57.4 Å². The Morgan fingerprint density at radius 1 is 1.05 bits per heavy atom. The number of carbonyl (C=O) groups is 1. The van der Waals surface area contributed by atoms with Gasteiger partial charge in [-0.25, -0.2) is 9.97 Å². The van der Waals surface area contributed by atoms with E-state index < -0.39 is 11.7 Å². The van der Waals surface area contributed by atoms with E-state index in [-0.39, 0.29) is 23.6 Å². The lowest BCUT2D eigenvalue weighted by atomic mass is 9.95. The first kappa shape index (κ1) is 26.5. The molecular formula is C28H34F3N5O3. The number of ether oxygens (including phenoxy) is 2. The average Bonchev–Trinajstić information content (AvgIpc) is 3.79. The summed E-state index contributed by atoms with van der Waals surface area (Å²) >= 11 is 0. The fraction of sp³-hybridized carbons (Fsp3) is 0.607. The maximum Gasteiger partial charge on any atom is 0.416 e. The van der Waals surface area contributed by atoms with Gasteiger partial charge in [-0.1, -0.05) is 6.07 Å². The van der Waals surface area contributed by atoms with Crippen molar-refractivity contribution in [3.63, 3.8) is 0 Å². The van der Waals surface area contributed by atoms with E-state index in [1.807, 2.05) is 4.90 Å². The summed E-state index contributed by atoms with van der Waals surface area (Å²) < 4.78 is 51.3. The zero-order valence-electron chi connectivity index (χ0n) is 22.0. The monoisotopic (exact) mass is 545 g/mol. The number of alkyl halides is 3. The summed E-state index contributed by atoms with van der Waals surface area (Å²) in [6.45, 7) is 6.03. The Morgan fingerprint density at radius 3 is 2.59 bits per heavy atom. The molecule has 1 saturated carbocycles. The molecule has 0 spiro atoms. The number of benzene rings is 1. The van der Waals surface area contributed by atoms with E-state index in [2.05, 4.69) is 20.2 Å². The molecule has 8 nitrogen and oxygen atoms in total. The molecule has 39 heavy (non-hydrogen) atoms. The third kappa shape index (κ3) is 5.62. The molecule has 3 aliphatic heterocycles. The van der Waals surface area contributed by atoms with Gasteiger partial charge < -0.3 is 19.7 Å². The summed E-state index contributed by atoms with van der Waals surface area (Å²) in [6.07, 6.45) is 0.290. The maximum absolute atomic E-state index is 13.7. The van der Waals surface area contributed by atoms with Crippen molar-refractivity contribution in [2.75, 3.05) is 44.8 Å². The molecule has 1 aromatic carbocycles. The van der Waals surface area contributed by atoms with Gasteiger partial charge in [0.25, 0.3) is 5.91 Å². The topological polar surface area (TPSA) is 79.8 Å². The number of morpholine rings is 1. The summed E-state index contributed by atoms with van der Waals surface area (Å²) in [7, 11) is 0. The second-order valence-electron chi connectivity index (χ2n) is 11.0. The highest BCUT2D eigenvalue weighted by atomic mass is 19.4. The fourth-order valence-corrected chi connectivity index (χ4v) is 6.02. The van der Waals surface area contributed by atoms with E-state index in [9.17, 15) is 18.0 Å². The quantitative estimate of drug-likeness (QED) is 0.592. The third-order valence-corrected chi connectivity index (χ3v) is 8.36. The van der Waals surface area contributed by atoms with Crippen molar-refractivity contribution in [1.82, 2.24) is 19.8 Å². The van der Waals surface area contributed by atoms with E-state index >= 15 is 0 Å². The van der Waals surface area contributed by atoms with Crippen LogP contribution in [0.1, 0.15) is 65.5 Å². The largest absolute Gasteiger partial charge is 0.416 e. The zero-order valence-corrected chi connectivity index (χ0v) is 22.0. The van der Waals surface area contributed by atoms with Crippen LogP contribution >= 0.6 is 0 Å². The summed E-state index contributed by atoms with van der Waals surface area (Å²) in [4.78, 5) is 27.4. The number of nitrogens with one attached hydrogen (secondary N) is 1. The molecule has 1 N–H and O–H groups in total. The Labute approximate surface area is 225 Å². The van der Waals surface area contributed by atoms with Crippen LogP contribution < -0.4 is 5.32 Å². The minimum absolute atomic E-state index is 0.124. The second kappa shape index (κ2) is 10.7. The minimum Gasteiger partial charge on any atom is -0.379 e. The lowest BCUT2D eigenvalue weighted by molar-refractivity contribution is -0.148. The molecule has 0 bridgehead atoms. The smallest absolute Gasteiger partial charge is 0.379 e. The molecule has 3 saturated heterocycles. The molecule has 11 heteroatoms. The molecule has 1 aromatic heterocycles. The number of likely N-dealkylation sites (tertiary alicyclic amines) is 1. The molecule has 2 atom stereocenters. The van der Waals surface area contributed by atoms with E-state index in [1.165, 1.54) is 6.07 Å². The van der Waals surface area contributed by atoms with Crippen molar-refractivity contribution in [3.05, 3.63) is 46.9 Å². The highest BCUT2D eigenvalue weighted by molar-refractivity contribution is 5.95. The van der Waals surface area contributed by atoms with Gasteiger partial charge in [-0.3, -0.25) is 9.69 Å². The van der Waals surface area contributed by atoms with Crippen molar-refractivity contribution in [1.29, 1.82) is 0 Å². The lowest BCUT2D eigenvalue weighted by Crippen LogP contribution is -2.60. The summed E-state index contributed by atoms with van der Waals surface area (Å²) in [5, 5.41) is 3.03. The van der Waals surface area contributed by atoms with Crippen molar-refractivity contribution in [2.45, 2.75) is 69.3 Å². The van der Waals surface area contributed by atoms with Crippen molar-refractivity contribution in [3.8, 4) is 0 Å². The number of aromatic nitrogens is 2. The molecule has 0 radical (unpaired) electrons. The van der Waals surface area contributed by atoms with Crippen LogP contribution in [0.4, 0.5) is 24.7 Å². The van der Waals surface area contributed by atoms with Crippen LogP contribution in [-0.2, 0) is 15.7 Å². The number of fused-ring (bicyclic) bond motifs is 1. The zero-order chi connectivity index (χ0) is 27.1. The van der Waals surface area contributed by atoms with Gasteiger partial charge in [-0.2, -0.15) is 13.2 Å². The molecule has 2 aromatic rings. The highest BCUT2D eigenvalue weighted by Gasteiger charge is 2.40. The molecular weight excluding hydrogens is 511 g/mol. The van der Waals surface area contributed by atoms with Crippen molar-refractivity contribution in [2.24, 2.45) is 0 Å². The molecule has 6 rings (SSSR count). The number of piperidine rings is 1. The molecule has 2 unspecified atom stereocenters. The number of hydrogen-bond acceptors (Lipinski definition) is 7. The predicted molar refractivity (Wildman–Crippen MR) is 138 cm³/mol. The van der Waals surface area contributed by atoms with Gasteiger partial charge in [0.1, 0.15) is 17.3 Å². The number of rotatable bonds is 5. The van der Waals surface area contributed by atoms with E-state index in [1.54, 1.807) is 13.0 Å². The fourth-order valence-electron chi connectivity index (χ4n) is 6.02. The van der Waals surface area contributed by atoms with Gasteiger partial charge in [-0.05, 0) is 57.2 Å². The van der Waals surface area contributed by atoms with E-state index in [0.29, 0.717) is 61.3 Å². The molecule has 1 amide bonds. The predicted octanol–water partition coefficient (Wildman–Crippen LogP) is 4.52. The number of hydrogen-bond donors (Lipinski definition) is 1. The van der Waals surface area contributed by atoms with Crippen molar-refractivity contribution >= 4 is 17.4 Å². The number of anilines is 2. The number of amides is 1. The van der Waals surface area contributed by atoms with Crippen LogP contribution in [-0.4, -0.2) is 83.3 Å². The molecule has 4 aliphatic rings. The maximum atomic E-state index is 13.7. The Bertz CT molecular complexity index is 1210. The van der Waals surface area contributed by atoms with Gasteiger partial charge in [0.05, 0.1) is 24.9 Å². The van der Waals surface area contributed by atoms with Gasteiger partial charge in [-0.15, -0.1) is 0 Å². The summed E-state index contributed by atoms with van der Waals surface area (Å²) in [5.41, 5.74) is 0.399.